The average Bonchev–Trinajstić information content (AvgIpc) is 1.94. The van der Waals surface area contributed by atoms with Crippen LogP contribution in [-0.2, 0) is 4.79 Å². The van der Waals surface area contributed by atoms with Crippen molar-refractivity contribution in [3.05, 3.63) is 23.3 Å². The van der Waals surface area contributed by atoms with Gasteiger partial charge in [-0.25, -0.2) is 0 Å². The number of rotatable bonds is 1. The standard InChI is InChI=1S/C8H8Cl2O/c1-5(11)6-3-2-4-7(9)8(6)10/h2-4,6,8H,1H3. The lowest BCUT2D eigenvalue weighted by Crippen LogP contribution is -2.22. The van der Waals surface area contributed by atoms with E-state index >= 15 is 0 Å². The zero-order chi connectivity index (χ0) is 8.43. The van der Waals surface area contributed by atoms with Crippen LogP contribution >= 0.6 is 23.2 Å². The summed E-state index contributed by atoms with van der Waals surface area (Å²) in [6.07, 6.45) is 5.23. The van der Waals surface area contributed by atoms with Crippen LogP contribution in [0.2, 0.25) is 0 Å². The van der Waals surface area contributed by atoms with Crippen molar-refractivity contribution in [2.75, 3.05) is 0 Å². The Kier molecular flexibility index (Phi) is 2.74. The van der Waals surface area contributed by atoms with E-state index in [1.165, 1.54) is 6.92 Å². The molecule has 1 aliphatic rings. The summed E-state index contributed by atoms with van der Waals surface area (Å²) < 4.78 is 0. The lowest BCUT2D eigenvalue weighted by atomic mass is 9.96. The highest BCUT2D eigenvalue weighted by Gasteiger charge is 2.25. The Morgan fingerprint density at radius 1 is 1.64 bits per heavy atom. The normalized spacial score (nSPS) is 29.9. The van der Waals surface area contributed by atoms with Crippen LogP contribution in [0.15, 0.2) is 23.3 Å². The predicted molar refractivity (Wildman–Crippen MR) is 46.9 cm³/mol. The van der Waals surface area contributed by atoms with Crippen molar-refractivity contribution in [3.63, 3.8) is 0 Å². The van der Waals surface area contributed by atoms with Crippen molar-refractivity contribution in [2.45, 2.75) is 12.3 Å². The highest BCUT2D eigenvalue weighted by Crippen LogP contribution is 2.27. The van der Waals surface area contributed by atoms with Crippen LogP contribution in [-0.4, -0.2) is 11.2 Å². The monoisotopic (exact) mass is 190 g/mol. The van der Waals surface area contributed by atoms with Crippen LogP contribution in [0.1, 0.15) is 6.92 Å². The number of carbonyl (C=O) groups excluding carboxylic acids is 1. The Bertz CT molecular complexity index is 230. The third-order valence-corrected chi connectivity index (χ3v) is 2.60. The number of halogens is 2. The zero-order valence-corrected chi connectivity index (χ0v) is 7.56. The Balaban J connectivity index is 2.81. The predicted octanol–water partition coefficient (Wildman–Crippen LogP) is 2.49. The van der Waals surface area contributed by atoms with Gasteiger partial charge in [-0.05, 0) is 13.0 Å². The molecule has 0 bridgehead atoms. The van der Waals surface area contributed by atoms with Crippen molar-refractivity contribution >= 4 is 29.0 Å². The number of hydrogen-bond acceptors (Lipinski definition) is 1. The molecule has 2 atom stereocenters. The fraction of sp³-hybridized carbons (Fsp3) is 0.375. The van der Waals surface area contributed by atoms with Gasteiger partial charge in [-0.15, -0.1) is 11.6 Å². The number of Topliss-reactive ketones (excluding diaryl/α,β-unsaturated/α-hetero) is 1. The summed E-state index contributed by atoms with van der Waals surface area (Å²) in [5.41, 5.74) is 0. The van der Waals surface area contributed by atoms with E-state index < -0.39 is 0 Å². The molecule has 0 aromatic rings. The third-order valence-electron chi connectivity index (χ3n) is 1.62. The minimum absolute atomic E-state index is 0.0486. The van der Waals surface area contributed by atoms with Gasteiger partial charge in [-0.2, -0.15) is 0 Å². The fourth-order valence-electron chi connectivity index (χ4n) is 0.970. The molecule has 0 saturated heterocycles. The summed E-state index contributed by atoms with van der Waals surface area (Å²) >= 11 is 11.6. The molecular weight excluding hydrogens is 183 g/mol. The first-order valence-electron chi connectivity index (χ1n) is 3.31. The maximum absolute atomic E-state index is 10.9. The molecule has 0 radical (unpaired) electrons. The molecule has 0 spiro atoms. The summed E-state index contributed by atoms with van der Waals surface area (Å²) in [6.45, 7) is 1.51. The van der Waals surface area contributed by atoms with Gasteiger partial charge >= 0.3 is 0 Å². The molecule has 1 aliphatic carbocycles. The van der Waals surface area contributed by atoms with E-state index in [1.807, 2.05) is 0 Å². The van der Waals surface area contributed by atoms with E-state index in [4.69, 9.17) is 23.2 Å². The molecule has 2 unspecified atom stereocenters. The zero-order valence-electron chi connectivity index (χ0n) is 6.05. The Morgan fingerprint density at radius 2 is 2.27 bits per heavy atom. The topological polar surface area (TPSA) is 17.1 Å². The van der Waals surface area contributed by atoms with Gasteiger partial charge in [-0.1, -0.05) is 23.8 Å². The molecule has 1 rings (SSSR count). The maximum Gasteiger partial charge on any atom is 0.138 e. The quantitative estimate of drug-likeness (QED) is 0.582. The van der Waals surface area contributed by atoms with Crippen molar-refractivity contribution < 1.29 is 4.79 Å². The van der Waals surface area contributed by atoms with Crippen molar-refractivity contribution in [1.29, 1.82) is 0 Å². The molecule has 3 heteroatoms. The lowest BCUT2D eigenvalue weighted by molar-refractivity contribution is -0.119. The molecule has 0 N–H and O–H groups in total. The maximum atomic E-state index is 10.9. The molecular formula is C8H8Cl2O. The van der Waals surface area contributed by atoms with Gasteiger partial charge in [0.25, 0.3) is 0 Å². The van der Waals surface area contributed by atoms with E-state index in [1.54, 1.807) is 18.2 Å². The van der Waals surface area contributed by atoms with Crippen LogP contribution in [0, 0.1) is 5.92 Å². The Labute approximate surface area is 75.7 Å². The molecule has 0 aromatic heterocycles. The SMILES string of the molecule is CC(=O)C1C=CC=C(Cl)C1Cl. The Morgan fingerprint density at radius 3 is 2.73 bits per heavy atom. The molecule has 0 fully saturated rings. The van der Waals surface area contributed by atoms with E-state index in [0.717, 1.165) is 0 Å². The summed E-state index contributed by atoms with van der Waals surface area (Å²) in [5, 5.41) is 0.161. The van der Waals surface area contributed by atoms with Crippen molar-refractivity contribution in [2.24, 2.45) is 5.92 Å². The summed E-state index contributed by atoms with van der Waals surface area (Å²) in [6, 6.07) is 0. The van der Waals surface area contributed by atoms with E-state index in [2.05, 4.69) is 0 Å². The van der Waals surface area contributed by atoms with Gasteiger partial charge in [0.2, 0.25) is 0 Å². The lowest BCUT2D eigenvalue weighted by Gasteiger charge is -2.17. The largest absolute Gasteiger partial charge is 0.299 e. The minimum Gasteiger partial charge on any atom is -0.299 e. The highest BCUT2D eigenvalue weighted by atomic mass is 35.5. The number of alkyl halides is 1. The fourth-order valence-corrected chi connectivity index (χ4v) is 1.51. The number of hydrogen-bond donors (Lipinski definition) is 0. The summed E-state index contributed by atoms with van der Waals surface area (Å²) in [4.78, 5) is 10.9. The average molecular weight is 191 g/mol. The first-order chi connectivity index (χ1) is 5.13. The van der Waals surface area contributed by atoms with Gasteiger partial charge < -0.3 is 0 Å². The molecule has 0 amide bonds. The van der Waals surface area contributed by atoms with Crippen molar-refractivity contribution in [3.8, 4) is 0 Å². The van der Waals surface area contributed by atoms with Gasteiger partial charge in [-0.3, -0.25) is 4.79 Å². The molecule has 11 heavy (non-hydrogen) atoms. The molecule has 0 aromatic carbocycles. The molecule has 0 heterocycles. The van der Waals surface area contributed by atoms with Gasteiger partial charge in [0, 0.05) is 5.03 Å². The summed E-state index contributed by atoms with van der Waals surface area (Å²) in [5.74, 6) is -0.207. The molecule has 0 saturated carbocycles. The van der Waals surface area contributed by atoms with Crippen LogP contribution < -0.4 is 0 Å². The molecule has 1 nitrogen and oxygen atoms in total. The summed E-state index contributed by atoms with van der Waals surface area (Å²) in [7, 11) is 0. The van der Waals surface area contributed by atoms with Crippen LogP contribution in [0.3, 0.4) is 0 Å². The smallest absolute Gasteiger partial charge is 0.138 e. The van der Waals surface area contributed by atoms with Gasteiger partial charge in [0.05, 0.1) is 11.3 Å². The Hall–Kier alpha value is -0.270. The highest BCUT2D eigenvalue weighted by molar-refractivity contribution is 6.38. The van der Waals surface area contributed by atoms with E-state index in [0.29, 0.717) is 5.03 Å². The van der Waals surface area contributed by atoms with Crippen molar-refractivity contribution in [1.82, 2.24) is 0 Å². The van der Waals surface area contributed by atoms with Crippen LogP contribution in [0.25, 0.3) is 0 Å². The van der Waals surface area contributed by atoms with Gasteiger partial charge in [0.15, 0.2) is 0 Å². The van der Waals surface area contributed by atoms with Gasteiger partial charge in [0.1, 0.15) is 5.78 Å². The number of carbonyl (C=O) groups is 1. The second-order valence-electron chi connectivity index (χ2n) is 2.47. The van der Waals surface area contributed by atoms with Crippen LogP contribution in [0.5, 0.6) is 0 Å². The molecule has 60 valence electrons. The first kappa shape index (κ1) is 8.82. The van der Waals surface area contributed by atoms with E-state index in [9.17, 15) is 4.79 Å². The third kappa shape index (κ3) is 1.85. The number of ketones is 1. The number of allylic oxidation sites excluding steroid dienone is 4. The second-order valence-corrected chi connectivity index (χ2v) is 3.38. The second kappa shape index (κ2) is 3.42. The van der Waals surface area contributed by atoms with E-state index in [-0.39, 0.29) is 17.1 Å². The first-order valence-corrected chi connectivity index (χ1v) is 4.13. The van der Waals surface area contributed by atoms with Crippen LogP contribution in [0.4, 0.5) is 0 Å². The molecule has 0 aliphatic heterocycles. The minimum atomic E-state index is -0.376.